The molecule has 0 amide bonds. The number of furan rings is 1. The summed E-state index contributed by atoms with van der Waals surface area (Å²) in [5.41, 5.74) is -15.9. The van der Waals surface area contributed by atoms with Gasteiger partial charge in [-0.25, -0.2) is 15.0 Å². The highest BCUT2D eigenvalue weighted by atomic mass is 16.4. The van der Waals surface area contributed by atoms with Crippen molar-refractivity contribution >= 4 is 43.5 Å². The molecule has 0 saturated carbocycles. The van der Waals surface area contributed by atoms with Gasteiger partial charge in [0.25, 0.3) is 0 Å². The second-order valence-electron chi connectivity index (χ2n) is 19.2. The van der Waals surface area contributed by atoms with E-state index in [4.69, 9.17) is 4.42 Å². The van der Waals surface area contributed by atoms with Gasteiger partial charge >= 0.3 is 0 Å². The first-order valence-corrected chi connectivity index (χ1v) is 23.9. The van der Waals surface area contributed by atoms with Crippen LogP contribution in [-0.2, 0) is 0 Å². The van der Waals surface area contributed by atoms with E-state index in [0.29, 0.717) is 0 Å². The zero-order valence-electron chi connectivity index (χ0n) is 43.0. The van der Waals surface area contributed by atoms with Crippen molar-refractivity contribution in [3.8, 4) is 257 Å². The molecule has 11 aromatic rings. The fraction of sp³-hybridized carbons (Fsp3) is 0. The van der Waals surface area contributed by atoms with E-state index in [2.05, 4.69) is 15.0 Å². The van der Waals surface area contributed by atoms with Crippen LogP contribution < -0.4 is 0 Å². The normalized spacial score (nSPS) is 11.7. The first-order chi connectivity index (χ1) is 42.0. The van der Waals surface area contributed by atoms with Gasteiger partial charge in [-0.2, -0.15) is 0 Å². The van der Waals surface area contributed by atoms with Gasteiger partial charge < -0.3 is 173 Å². The number of nitrogens with zero attached hydrogens (tertiary/aromatic N) is 3. The maximum absolute atomic E-state index is 12.1. The highest BCUT2D eigenvalue weighted by Crippen LogP contribution is 2.68. The third kappa shape index (κ3) is 6.90. The summed E-state index contributed by atoms with van der Waals surface area (Å²) in [6.07, 6.45) is 0. The predicted octanol–water partition coefficient (Wildman–Crippen LogP) is 4.36. The van der Waals surface area contributed by atoms with Gasteiger partial charge in [-0.3, -0.25) is 0 Å². The molecular formula is C53H33N3O34. The monoisotopic (exact) mass is 1260 g/mol. The van der Waals surface area contributed by atoms with Crippen LogP contribution in [0.15, 0.2) is 4.42 Å². The third-order valence-corrected chi connectivity index (χ3v) is 14.6. The second-order valence-corrected chi connectivity index (χ2v) is 19.2. The van der Waals surface area contributed by atoms with Crippen molar-refractivity contribution in [2.75, 3.05) is 0 Å². The number of hydrogen-bond acceptors (Lipinski definition) is 37. The Bertz CT molecular complexity index is 5170. The number of benzene rings is 9. The van der Waals surface area contributed by atoms with E-state index < -0.39 is 301 Å². The summed E-state index contributed by atoms with van der Waals surface area (Å²) in [6, 6.07) is 0. The first kappa shape index (κ1) is 57.5. The maximum Gasteiger partial charge on any atom is 0.208 e. The Morgan fingerprint density at radius 3 is 0.622 bits per heavy atom. The number of aromatic nitrogens is 3. The minimum absolute atomic E-state index is 1.14. The Morgan fingerprint density at radius 2 is 0.289 bits per heavy atom. The molecule has 0 spiro atoms. The summed E-state index contributed by atoms with van der Waals surface area (Å²) in [7, 11) is 0. The third-order valence-electron chi connectivity index (χ3n) is 14.6. The van der Waals surface area contributed by atoms with Gasteiger partial charge in [0.1, 0.15) is 39.7 Å². The molecule has 0 aliphatic rings. The van der Waals surface area contributed by atoms with E-state index >= 15 is 0 Å². The zero-order valence-corrected chi connectivity index (χ0v) is 43.0. The molecule has 37 nitrogen and oxygen atoms in total. The maximum atomic E-state index is 12.1. The molecule has 0 radical (unpaired) electrons. The number of rotatable bonds is 6. The molecule has 2 heterocycles. The van der Waals surface area contributed by atoms with E-state index in [1.165, 1.54) is 0 Å². The van der Waals surface area contributed by atoms with Crippen LogP contribution in [0, 0.1) is 0 Å². The molecule has 0 saturated heterocycles. The minimum atomic E-state index is -1.84. The van der Waals surface area contributed by atoms with Crippen molar-refractivity contribution in [1.82, 2.24) is 15.0 Å². The first-order valence-electron chi connectivity index (χ1n) is 23.9. The Hall–Kier alpha value is -14.3. The summed E-state index contributed by atoms with van der Waals surface area (Å²) in [5.74, 6) is -60.0. The van der Waals surface area contributed by atoms with Crippen molar-refractivity contribution in [3.63, 3.8) is 0 Å². The van der Waals surface area contributed by atoms with Crippen molar-refractivity contribution < 1.29 is 173 Å². The number of phenols is 33. The molecule has 0 aliphatic carbocycles. The Labute approximate surface area is 487 Å². The summed E-state index contributed by atoms with van der Waals surface area (Å²) in [5, 5.41) is 358. The van der Waals surface area contributed by atoms with E-state index in [1.54, 1.807) is 0 Å². The highest BCUT2D eigenvalue weighted by molar-refractivity contribution is 6.21. The number of hydrogen-bond donors (Lipinski definition) is 33. The van der Waals surface area contributed by atoms with Gasteiger partial charge in [0.2, 0.25) is 51.7 Å². The SMILES string of the molecule is Oc1c(O)c(O)c(-c2c(O)c(O)c(O)c(-c3nc(-c4c(O)c(O)c5c(oc6c(O)c(-c7c(O)c(O)c8c(O)c(O)c(O)c(O)c8c7O)c(O)c(O)c65)c4O)nc(-c4c(O)c(O)c5c(O)c(-c6c(O)c(O)c(O)c(O)c6O)c(O)c(O)c5c4O)n3)c2O)c(O)c1O. The number of fused-ring (bicyclic) bond motifs is 5. The van der Waals surface area contributed by atoms with E-state index in [0.717, 1.165) is 0 Å². The average molecular weight is 1260 g/mol. The molecule has 37 heteroatoms. The van der Waals surface area contributed by atoms with Gasteiger partial charge in [-0.1, -0.05) is 0 Å². The minimum Gasteiger partial charge on any atom is -0.506 e. The molecular weight excluding hydrogens is 1220 g/mol. The quantitative estimate of drug-likeness (QED) is 0.0812. The summed E-state index contributed by atoms with van der Waals surface area (Å²) in [6.45, 7) is 0. The molecule has 90 heavy (non-hydrogen) atoms. The lowest BCUT2D eigenvalue weighted by atomic mass is 9.92. The Morgan fingerprint density at radius 1 is 0.133 bits per heavy atom. The topological polar surface area (TPSA) is 719 Å². The molecule has 0 aliphatic heterocycles. The molecule has 33 N–H and O–H groups in total. The summed E-state index contributed by atoms with van der Waals surface area (Å²) in [4.78, 5) is 11.6. The van der Waals surface area contributed by atoms with Gasteiger partial charge in [-0.05, 0) is 0 Å². The van der Waals surface area contributed by atoms with Crippen molar-refractivity contribution in [2.24, 2.45) is 0 Å². The van der Waals surface area contributed by atoms with Crippen molar-refractivity contribution in [1.29, 1.82) is 0 Å². The van der Waals surface area contributed by atoms with Crippen LogP contribution >= 0.6 is 0 Å². The van der Waals surface area contributed by atoms with Gasteiger partial charge in [-0.15, -0.1) is 0 Å². The largest absolute Gasteiger partial charge is 0.506 e. The molecule has 0 unspecified atom stereocenters. The highest BCUT2D eigenvalue weighted by Gasteiger charge is 2.41. The van der Waals surface area contributed by atoms with Crippen LogP contribution in [0.25, 0.3) is 111 Å². The summed E-state index contributed by atoms with van der Waals surface area (Å²) >= 11 is 0. The van der Waals surface area contributed by atoms with Crippen LogP contribution in [0.1, 0.15) is 0 Å². The van der Waals surface area contributed by atoms with Crippen LogP contribution in [0.4, 0.5) is 0 Å². The lowest BCUT2D eigenvalue weighted by Gasteiger charge is -2.20. The number of aromatic hydroxyl groups is 33. The lowest BCUT2D eigenvalue weighted by molar-refractivity contribution is 0.329. The van der Waals surface area contributed by atoms with Crippen LogP contribution in [0.2, 0.25) is 0 Å². The Balaban J connectivity index is 1.25. The van der Waals surface area contributed by atoms with Gasteiger partial charge in [0.15, 0.2) is 144 Å². The molecule has 2 aromatic heterocycles. The van der Waals surface area contributed by atoms with Crippen molar-refractivity contribution in [2.45, 2.75) is 0 Å². The zero-order chi connectivity index (χ0) is 66.4. The molecule has 9 aromatic carbocycles. The molecule has 464 valence electrons. The standard InChI is InChI=1S/C53H33N3O34/c57-16-1-2(20(61)21(62)3(16)8-29(70)43(84)47(88)44(85)30(8)71)18(59)13(35(76)23(1)64)51-54-52(14-19(60)5(26(67)40(81)37(14)78)9-31(72)45(86)48(89)46(87)32(9)73)56-53(55-51)15-36(77)34(75)12-11-33(74)25(66)10(38(79)49(11)90-50(12)39(15)80)6-17(58)4-7(24(65)22(6)63)28(69)42(83)41(82)27(4)68/h57-89H. The number of phenolic OH excluding ortho intramolecular Hbond substituents is 33. The smallest absolute Gasteiger partial charge is 0.208 e. The average Bonchev–Trinajstić information content (AvgIpc) is 1.27. The molecule has 0 fully saturated rings. The van der Waals surface area contributed by atoms with E-state index in [1.807, 2.05) is 0 Å². The predicted molar refractivity (Wildman–Crippen MR) is 290 cm³/mol. The van der Waals surface area contributed by atoms with E-state index in [-0.39, 0.29) is 0 Å². The van der Waals surface area contributed by atoms with Crippen LogP contribution in [-0.4, -0.2) is 183 Å². The summed E-state index contributed by atoms with van der Waals surface area (Å²) < 4.78 is 5.60. The van der Waals surface area contributed by atoms with Crippen LogP contribution in [0.3, 0.4) is 0 Å². The second kappa shape index (κ2) is 18.4. The lowest BCUT2D eigenvalue weighted by Crippen LogP contribution is -2.03. The fourth-order valence-corrected chi connectivity index (χ4v) is 10.3. The van der Waals surface area contributed by atoms with Crippen LogP contribution in [0.5, 0.6) is 190 Å². The molecule has 11 rings (SSSR count). The molecule has 0 atom stereocenters. The van der Waals surface area contributed by atoms with Crippen molar-refractivity contribution in [3.05, 3.63) is 0 Å². The van der Waals surface area contributed by atoms with Gasteiger partial charge in [0.05, 0.1) is 65.7 Å². The molecule has 0 bridgehead atoms. The Kier molecular flexibility index (Phi) is 11.7. The van der Waals surface area contributed by atoms with Gasteiger partial charge in [0, 0.05) is 0 Å². The van der Waals surface area contributed by atoms with E-state index in [9.17, 15) is 169 Å². The fourth-order valence-electron chi connectivity index (χ4n) is 10.3.